The Morgan fingerprint density at radius 3 is 2.72 bits per heavy atom. The lowest BCUT2D eigenvalue weighted by molar-refractivity contribution is 0.0954. The van der Waals surface area contributed by atoms with E-state index in [4.69, 9.17) is 21.1 Å². The molecule has 29 heavy (non-hydrogen) atoms. The van der Waals surface area contributed by atoms with Crippen molar-refractivity contribution in [1.82, 2.24) is 9.99 Å². The number of amides is 1. The van der Waals surface area contributed by atoms with E-state index in [1.54, 1.807) is 24.4 Å². The highest BCUT2D eigenvalue weighted by Crippen LogP contribution is 2.32. The van der Waals surface area contributed by atoms with Gasteiger partial charge in [-0.3, -0.25) is 4.79 Å². The van der Waals surface area contributed by atoms with Crippen LogP contribution < -0.4 is 14.9 Å². The van der Waals surface area contributed by atoms with Crippen LogP contribution in [0.15, 0.2) is 47.6 Å². The van der Waals surface area contributed by atoms with Gasteiger partial charge >= 0.3 is 0 Å². The summed E-state index contributed by atoms with van der Waals surface area (Å²) in [5, 5.41) is 4.81. The fourth-order valence-electron chi connectivity index (χ4n) is 3.38. The Bertz CT molecular complexity index is 1130. The predicted molar refractivity (Wildman–Crippen MR) is 113 cm³/mol. The van der Waals surface area contributed by atoms with Crippen molar-refractivity contribution in [2.45, 2.75) is 20.8 Å². The van der Waals surface area contributed by atoms with Crippen molar-refractivity contribution in [2.75, 3.05) is 6.79 Å². The minimum Gasteiger partial charge on any atom is -0.454 e. The van der Waals surface area contributed by atoms with Gasteiger partial charge in [0, 0.05) is 33.2 Å². The number of carbonyl (C=O) groups is 1. The Labute approximate surface area is 173 Å². The molecule has 6 nitrogen and oxygen atoms in total. The molecule has 1 aromatic heterocycles. The van der Waals surface area contributed by atoms with Gasteiger partial charge < -0.3 is 14.0 Å². The number of hydrogen-bond donors (Lipinski definition) is 1. The molecule has 1 aliphatic rings. The van der Waals surface area contributed by atoms with Crippen molar-refractivity contribution < 1.29 is 14.3 Å². The van der Waals surface area contributed by atoms with Crippen LogP contribution in [0.2, 0.25) is 5.02 Å². The van der Waals surface area contributed by atoms with Crippen molar-refractivity contribution in [2.24, 2.45) is 5.10 Å². The molecule has 7 heteroatoms. The van der Waals surface area contributed by atoms with Crippen molar-refractivity contribution in [3.8, 4) is 17.2 Å². The van der Waals surface area contributed by atoms with Gasteiger partial charge in [-0.25, -0.2) is 5.43 Å². The highest BCUT2D eigenvalue weighted by Gasteiger charge is 2.16. The molecular weight excluding hydrogens is 390 g/mol. The molecule has 0 saturated heterocycles. The van der Waals surface area contributed by atoms with Gasteiger partial charge in [-0.15, -0.1) is 0 Å². The Morgan fingerprint density at radius 2 is 1.90 bits per heavy atom. The molecule has 3 aromatic rings. The van der Waals surface area contributed by atoms with E-state index in [9.17, 15) is 4.79 Å². The number of carbonyl (C=O) groups excluding carboxylic acids is 1. The molecule has 0 bridgehead atoms. The number of hydrogen-bond acceptors (Lipinski definition) is 4. The second-order valence-corrected chi connectivity index (χ2v) is 7.30. The van der Waals surface area contributed by atoms with E-state index >= 15 is 0 Å². The van der Waals surface area contributed by atoms with Crippen molar-refractivity contribution in [1.29, 1.82) is 0 Å². The first kappa shape index (κ1) is 19.1. The summed E-state index contributed by atoms with van der Waals surface area (Å²) >= 11 is 6.19. The molecule has 1 aliphatic heterocycles. The lowest BCUT2D eigenvalue weighted by atomic mass is 10.2. The van der Waals surface area contributed by atoms with E-state index in [0.717, 1.165) is 28.2 Å². The number of rotatable bonds is 4. The number of aromatic nitrogens is 1. The summed E-state index contributed by atoms with van der Waals surface area (Å²) in [6.07, 6.45) is 1.64. The Hall–Kier alpha value is -3.25. The largest absolute Gasteiger partial charge is 0.454 e. The monoisotopic (exact) mass is 409 g/mol. The average Bonchev–Trinajstić information content (AvgIpc) is 3.27. The Morgan fingerprint density at radius 1 is 1.10 bits per heavy atom. The van der Waals surface area contributed by atoms with Gasteiger partial charge in [0.2, 0.25) is 6.79 Å². The van der Waals surface area contributed by atoms with Gasteiger partial charge in [0.25, 0.3) is 5.91 Å². The molecule has 0 unspecified atom stereocenters. The van der Waals surface area contributed by atoms with Crippen molar-refractivity contribution in [3.05, 3.63) is 75.6 Å². The summed E-state index contributed by atoms with van der Waals surface area (Å²) in [4.78, 5) is 12.4. The zero-order valence-electron chi connectivity index (χ0n) is 16.3. The summed E-state index contributed by atoms with van der Waals surface area (Å²) in [7, 11) is 0. The fourth-order valence-corrected chi connectivity index (χ4v) is 3.54. The number of halogens is 1. The minimum absolute atomic E-state index is 0.167. The number of nitrogens with one attached hydrogen (secondary N) is 1. The summed E-state index contributed by atoms with van der Waals surface area (Å²) in [6, 6.07) is 12.9. The quantitative estimate of drug-likeness (QED) is 0.508. The Kier molecular flexibility index (Phi) is 5.03. The number of ether oxygens (including phenoxy) is 2. The molecule has 1 N–H and O–H groups in total. The van der Waals surface area contributed by atoms with Gasteiger partial charge in [0.15, 0.2) is 11.5 Å². The number of fused-ring (bicyclic) bond motifs is 1. The molecule has 4 rings (SSSR count). The normalized spacial score (nSPS) is 12.6. The summed E-state index contributed by atoms with van der Waals surface area (Å²) in [5.74, 6) is 0.870. The summed E-state index contributed by atoms with van der Waals surface area (Å²) < 4.78 is 12.7. The van der Waals surface area contributed by atoms with E-state index in [1.165, 1.54) is 0 Å². The van der Waals surface area contributed by atoms with Crippen LogP contribution in [0.3, 0.4) is 0 Å². The molecule has 1 amide bonds. The Balaban J connectivity index is 1.53. The SMILES string of the molecule is Cc1ccc(Cl)cc1-n1c(C)cc(/C=N\NC(=O)c2ccc3c(c2)OCO3)c1C. The van der Waals surface area contributed by atoms with Crippen LogP contribution in [0.1, 0.15) is 32.9 Å². The molecule has 0 saturated carbocycles. The maximum Gasteiger partial charge on any atom is 0.271 e. The molecule has 2 heterocycles. The number of benzene rings is 2. The number of hydrazone groups is 1. The van der Waals surface area contributed by atoms with Crippen LogP contribution in [0, 0.1) is 20.8 Å². The molecule has 0 spiro atoms. The van der Waals surface area contributed by atoms with Crippen LogP contribution in [-0.2, 0) is 0 Å². The van der Waals surface area contributed by atoms with Gasteiger partial charge in [-0.1, -0.05) is 17.7 Å². The lowest BCUT2D eigenvalue weighted by Gasteiger charge is -2.13. The van der Waals surface area contributed by atoms with Crippen LogP contribution in [0.4, 0.5) is 0 Å². The average molecular weight is 410 g/mol. The van der Waals surface area contributed by atoms with Crippen LogP contribution >= 0.6 is 11.6 Å². The van der Waals surface area contributed by atoms with Crippen molar-refractivity contribution in [3.63, 3.8) is 0 Å². The first-order valence-corrected chi connectivity index (χ1v) is 9.50. The number of nitrogens with zero attached hydrogens (tertiary/aromatic N) is 2. The topological polar surface area (TPSA) is 64.9 Å². The van der Waals surface area contributed by atoms with E-state index < -0.39 is 0 Å². The summed E-state index contributed by atoms with van der Waals surface area (Å²) in [6.45, 7) is 6.24. The molecule has 0 aliphatic carbocycles. The molecule has 0 atom stereocenters. The second kappa shape index (κ2) is 7.64. The third kappa shape index (κ3) is 3.71. The summed E-state index contributed by atoms with van der Waals surface area (Å²) in [5.41, 5.74) is 8.13. The molecule has 148 valence electrons. The molecular formula is C22H20ClN3O3. The lowest BCUT2D eigenvalue weighted by Crippen LogP contribution is -2.17. The predicted octanol–water partition coefficient (Wildman–Crippen LogP) is 4.55. The standard InChI is InChI=1S/C22H20ClN3O3/c1-13-4-6-18(23)10-19(13)26-14(2)8-17(15(26)3)11-24-25-22(27)16-5-7-20-21(9-16)29-12-28-20/h4-11H,12H2,1-3H3,(H,25,27)/b24-11-. The third-order valence-electron chi connectivity index (χ3n) is 4.89. The third-order valence-corrected chi connectivity index (χ3v) is 5.12. The molecule has 0 fully saturated rings. The maximum absolute atomic E-state index is 12.4. The van der Waals surface area contributed by atoms with Crippen molar-refractivity contribution >= 4 is 23.7 Å². The smallest absolute Gasteiger partial charge is 0.271 e. The zero-order valence-corrected chi connectivity index (χ0v) is 17.1. The van der Waals surface area contributed by atoms with E-state index in [1.807, 2.05) is 45.0 Å². The first-order chi connectivity index (χ1) is 13.9. The highest BCUT2D eigenvalue weighted by atomic mass is 35.5. The molecule has 2 aromatic carbocycles. The van der Waals surface area contributed by atoms with Crippen LogP contribution in [-0.4, -0.2) is 23.5 Å². The van der Waals surface area contributed by atoms with E-state index in [0.29, 0.717) is 22.1 Å². The first-order valence-electron chi connectivity index (χ1n) is 9.12. The van der Waals surface area contributed by atoms with Gasteiger partial charge in [-0.2, -0.15) is 5.10 Å². The highest BCUT2D eigenvalue weighted by molar-refractivity contribution is 6.30. The van der Waals surface area contributed by atoms with E-state index in [2.05, 4.69) is 15.1 Å². The van der Waals surface area contributed by atoms with Crippen LogP contribution in [0.25, 0.3) is 5.69 Å². The molecule has 0 radical (unpaired) electrons. The van der Waals surface area contributed by atoms with E-state index in [-0.39, 0.29) is 12.7 Å². The van der Waals surface area contributed by atoms with Crippen LogP contribution in [0.5, 0.6) is 11.5 Å². The minimum atomic E-state index is -0.320. The number of aryl methyl sites for hydroxylation is 2. The zero-order chi connectivity index (χ0) is 20.5. The fraction of sp³-hybridized carbons (Fsp3) is 0.182. The van der Waals surface area contributed by atoms with Gasteiger partial charge in [0.05, 0.1) is 6.21 Å². The van der Waals surface area contributed by atoms with Gasteiger partial charge in [0.1, 0.15) is 0 Å². The van der Waals surface area contributed by atoms with Gasteiger partial charge in [-0.05, 0) is 62.7 Å². The maximum atomic E-state index is 12.4. The second-order valence-electron chi connectivity index (χ2n) is 6.86.